The summed E-state index contributed by atoms with van der Waals surface area (Å²) in [4.78, 5) is 14.2. The van der Waals surface area contributed by atoms with Gasteiger partial charge in [-0.2, -0.15) is 0 Å². The Bertz CT molecular complexity index is 598. The van der Waals surface area contributed by atoms with E-state index < -0.39 is 10.7 Å². The van der Waals surface area contributed by atoms with Crippen molar-refractivity contribution < 1.29 is 13.7 Å². The third kappa shape index (κ3) is 3.35. The van der Waals surface area contributed by atoms with Crippen molar-refractivity contribution in [1.29, 1.82) is 0 Å². The molecule has 0 bridgehead atoms. The molecule has 7 heteroatoms. The highest BCUT2D eigenvalue weighted by molar-refractivity contribution is 5.40. The summed E-state index contributed by atoms with van der Waals surface area (Å²) in [6.07, 6.45) is 1.58. The number of nitrogens with zero attached hydrogens (tertiary/aromatic N) is 2. The van der Waals surface area contributed by atoms with Crippen molar-refractivity contribution in [2.45, 2.75) is 20.0 Å². The Morgan fingerprint density at radius 1 is 1.47 bits per heavy atom. The second-order valence-electron chi connectivity index (χ2n) is 4.00. The van der Waals surface area contributed by atoms with E-state index in [1.165, 1.54) is 0 Å². The lowest BCUT2D eigenvalue weighted by Crippen LogP contribution is -2.14. The second-order valence-corrected chi connectivity index (χ2v) is 4.00. The Morgan fingerprint density at radius 2 is 2.26 bits per heavy atom. The number of hydrogen-bond donors (Lipinski definition) is 1. The summed E-state index contributed by atoms with van der Waals surface area (Å²) < 4.78 is 18.3. The van der Waals surface area contributed by atoms with Gasteiger partial charge in [0.2, 0.25) is 5.89 Å². The average molecular weight is 265 g/mol. The molecule has 0 saturated carbocycles. The topological polar surface area (TPSA) is 81.2 Å². The van der Waals surface area contributed by atoms with Gasteiger partial charge in [-0.1, -0.05) is 0 Å². The summed E-state index contributed by atoms with van der Waals surface area (Å²) in [7, 11) is 0. The van der Waals surface area contributed by atoms with Crippen LogP contribution in [0.15, 0.2) is 28.8 Å². The minimum absolute atomic E-state index is 0.113. The number of benzene rings is 1. The van der Waals surface area contributed by atoms with Crippen molar-refractivity contribution in [1.82, 2.24) is 10.3 Å². The zero-order chi connectivity index (χ0) is 13.8. The number of nitro groups is 1. The zero-order valence-corrected chi connectivity index (χ0v) is 10.2. The molecule has 0 saturated heterocycles. The molecule has 6 nitrogen and oxygen atoms in total. The Balaban J connectivity index is 2.02. The molecule has 100 valence electrons. The summed E-state index contributed by atoms with van der Waals surface area (Å²) in [6, 6.07) is 3.37. The fourth-order valence-corrected chi connectivity index (χ4v) is 1.66. The lowest BCUT2D eigenvalue weighted by Gasteiger charge is -2.04. The molecule has 1 heterocycles. The highest BCUT2D eigenvalue weighted by Gasteiger charge is 2.14. The van der Waals surface area contributed by atoms with E-state index in [9.17, 15) is 14.5 Å². The quantitative estimate of drug-likeness (QED) is 0.662. The number of aromatic nitrogens is 1. The Kier molecular flexibility index (Phi) is 3.86. The zero-order valence-electron chi connectivity index (χ0n) is 10.2. The largest absolute Gasteiger partial charge is 0.445 e. The molecule has 2 aromatic rings. The summed E-state index contributed by atoms with van der Waals surface area (Å²) in [5.41, 5.74) is 0.172. The van der Waals surface area contributed by atoms with Crippen LogP contribution in [0.25, 0.3) is 0 Å². The Labute approximate surface area is 108 Å². The minimum Gasteiger partial charge on any atom is -0.445 e. The van der Waals surface area contributed by atoms with Crippen molar-refractivity contribution in [3.63, 3.8) is 0 Å². The van der Waals surface area contributed by atoms with Gasteiger partial charge in [-0.15, -0.1) is 0 Å². The molecule has 19 heavy (non-hydrogen) atoms. The SMILES string of the molecule is Cc1cnc(CNCc2cc(F)ccc2[N+](=O)[O-])o1. The first-order valence-electron chi connectivity index (χ1n) is 5.61. The van der Waals surface area contributed by atoms with Gasteiger partial charge in [-0.3, -0.25) is 10.1 Å². The maximum Gasteiger partial charge on any atom is 0.274 e. The molecule has 0 spiro atoms. The predicted octanol–water partition coefficient (Wildman–Crippen LogP) is 2.32. The molecule has 2 rings (SSSR count). The third-order valence-corrected chi connectivity index (χ3v) is 2.50. The number of hydrogen-bond acceptors (Lipinski definition) is 5. The molecule has 1 N–H and O–H groups in total. The maximum absolute atomic E-state index is 13.1. The molecule has 0 atom stereocenters. The lowest BCUT2D eigenvalue weighted by atomic mass is 10.1. The van der Waals surface area contributed by atoms with Gasteiger partial charge in [0.05, 0.1) is 17.7 Å². The van der Waals surface area contributed by atoms with Gasteiger partial charge in [0.1, 0.15) is 11.6 Å². The first kappa shape index (κ1) is 13.2. The van der Waals surface area contributed by atoms with Crippen LogP contribution in [0.5, 0.6) is 0 Å². The first-order valence-corrected chi connectivity index (χ1v) is 5.61. The standard InChI is InChI=1S/C12H12FN3O3/c1-8-5-15-12(19-8)7-14-6-9-4-10(13)2-3-11(9)16(17)18/h2-5,14H,6-7H2,1H3. The number of rotatable bonds is 5. The fraction of sp³-hybridized carbons (Fsp3) is 0.250. The summed E-state index contributed by atoms with van der Waals surface area (Å²) in [5, 5.41) is 13.7. The van der Waals surface area contributed by atoms with Crippen molar-refractivity contribution in [3.05, 3.63) is 57.5 Å². The van der Waals surface area contributed by atoms with Crippen LogP contribution in [-0.2, 0) is 13.1 Å². The summed E-state index contributed by atoms with van der Waals surface area (Å²) in [6.45, 7) is 2.25. The maximum atomic E-state index is 13.1. The van der Waals surface area contributed by atoms with Gasteiger partial charge in [-0.05, 0) is 19.1 Å². The van der Waals surface area contributed by atoms with E-state index in [2.05, 4.69) is 10.3 Å². The molecule has 0 radical (unpaired) electrons. The van der Waals surface area contributed by atoms with Gasteiger partial charge in [0, 0.05) is 18.2 Å². The third-order valence-electron chi connectivity index (χ3n) is 2.50. The van der Waals surface area contributed by atoms with E-state index >= 15 is 0 Å². The first-order chi connectivity index (χ1) is 9.06. The number of nitrogens with one attached hydrogen (secondary N) is 1. The summed E-state index contributed by atoms with van der Waals surface area (Å²) in [5.74, 6) is 0.666. The average Bonchev–Trinajstić information content (AvgIpc) is 2.75. The highest BCUT2D eigenvalue weighted by atomic mass is 19.1. The molecule has 0 fully saturated rings. The normalized spacial score (nSPS) is 10.6. The van der Waals surface area contributed by atoms with E-state index in [1.54, 1.807) is 13.1 Å². The van der Waals surface area contributed by atoms with Crippen molar-refractivity contribution >= 4 is 5.69 Å². The monoisotopic (exact) mass is 265 g/mol. The van der Waals surface area contributed by atoms with Crippen molar-refractivity contribution in [2.24, 2.45) is 0 Å². The van der Waals surface area contributed by atoms with E-state index in [0.29, 0.717) is 18.2 Å². The molecule has 0 aliphatic rings. The lowest BCUT2D eigenvalue weighted by molar-refractivity contribution is -0.385. The fourth-order valence-electron chi connectivity index (χ4n) is 1.66. The smallest absolute Gasteiger partial charge is 0.274 e. The van der Waals surface area contributed by atoms with Crippen molar-refractivity contribution in [2.75, 3.05) is 0 Å². The number of halogens is 1. The Hall–Kier alpha value is -2.28. The number of oxazole rings is 1. The van der Waals surface area contributed by atoms with E-state index in [-0.39, 0.29) is 17.8 Å². The van der Waals surface area contributed by atoms with Gasteiger partial charge < -0.3 is 9.73 Å². The molecular weight excluding hydrogens is 253 g/mol. The number of nitro benzene ring substituents is 1. The van der Waals surface area contributed by atoms with Crippen LogP contribution in [-0.4, -0.2) is 9.91 Å². The van der Waals surface area contributed by atoms with Gasteiger partial charge in [-0.25, -0.2) is 9.37 Å². The van der Waals surface area contributed by atoms with E-state index in [4.69, 9.17) is 4.42 Å². The van der Waals surface area contributed by atoms with Gasteiger partial charge in [0.15, 0.2) is 0 Å². The van der Waals surface area contributed by atoms with Crippen LogP contribution >= 0.6 is 0 Å². The molecule has 0 amide bonds. The Morgan fingerprint density at radius 3 is 2.89 bits per heavy atom. The van der Waals surface area contributed by atoms with Crippen LogP contribution in [0, 0.1) is 22.9 Å². The van der Waals surface area contributed by atoms with Crippen LogP contribution in [0.4, 0.5) is 10.1 Å². The van der Waals surface area contributed by atoms with Crippen LogP contribution in [0.2, 0.25) is 0 Å². The van der Waals surface area contributed by atoms with E-state index in [1.807, 2.05) is 0 Å². The molecule has 0 aliphatic heterocycles. The minimum atomic E-state index is -0.536. The van der Waals surface area contributed by atoms with Crippen molar-refractivity contribution in [3.8, 4) is 0 Å². The molecule has 1 aromatic heterocycles. The predicted molar refractivity (Wildman–Crippen MR) is 64.8 cm³/mol. The summed E-state index contributed by atoms with van der Waals surface area (Å²) >= 11 is 0. The molecule has 0 unspecified atom stereocenters. The van der Waals surface area contributed by atoms with Crippen LogP contribution < -0.4 is 5.32 Å². The molecular formula is C12H12FN3O3. The second kappa shape index (κ2) is 5.57. The van der Waals surface area contributed by atoms with Gasteiger partial charge >= 0.3 is 0 Å². The molecule has 1 aromatic carbocycles. The highest BCUT2D eigenvalue weighted by Crippen LogP contribution is 2.19. The van der Waals surface area contributed by atoms with E-state index in [0.717, 1.165) is 18.2 Å². The van der Waals surface area contributed by atoms with Gasteiger partial charge in [0.25, 0.3) is 5.69 Å². The van der Waals surface area contributed by atoms with Crippen LogP contribution in [0.3, 0.4) is 0 Å². The molecule has 0 aliphatic carbocycles. The van der Waals surface area contributed by atoms with Crippen LogP contribution in [0.1, 0.15) is 17.2 Å². The number of aryl methyl sites for hydroxylation is 1.